The van der Waals surface area contributed by atoms with Crippen LogP contribution in [0.2, 0.25) is 0 Å². The van der Waals surface area contributed by atoms with Gasteiger partial charge in [-0.1, -0.05) is 0 Å². The zero-order chi connectivity index (χ0) is 23.7. The Balaban J connectivity index is 5.04. The maximum Gasteiger partial charge on any atom is 0.419 e. The number of hydrogen-bond acceptors (Lipinski definition) is 1. The minimum atomic E-state index is -5.98. The summed E-state index contributed by atoms with van der Waals surface area (Å²) in [6.45, 7) is -5.84. The van der Waals surface area contributed by atoms with Gasteiger partial charge in [0.2, 0.25) is 12.3 Å². The fraction of sp³-hybridized carbons (Fsp3) is 1.00. The number of alkyl halides is 16. The number of halogens is 16. The minimum absolute atomic E-state index is 2.92. The van der Waals surface area contributed by atoms with E-state index in [4.69, 9.17) is 0 Å². The lowest BCUT2D eigenvalue weighted by Gasteiger charge is -2.30. The number of rotatable bonds is 10. The molecule has 2 unspecified atom stereocenters. The van der Waals surface area contributed by atoms with Crippen LogP contribution < -0.4 is 0 Å². The smallest absolute Gasteiger partial charge is 0.368 e. The quantitative estimate of drug-likeness (QED) is 0.347. The van der Waals surface area contributed by atoms with Gasteiger partial charge in [-0.2, -0.15) is 61.5 Å². The van der Waals surface area contributed by atoms with Crippen LogP contribution in [0.3, 0.4) is 0 Å². The van der Waals surface area contributed by atoms with Gasteiger partial charge in [-0.3, -0.25) is 0 Å². The molecule has 1 nitrogen and oxygen atoms in total. The summed E-state index contributed by atoms with van der Waals surface area (Å²) in [6, 6.07) is 0. The van der Waals surface area contributed by atoms with Crippen LogP contribution >= 0.6 is 0 Å². The monoisotopic (exact) mass is 474 g/mol. The van der Waals surface area contributed by atoms with Crippen molar-refractivity contribution < 1.29 is 75.0 Å². The molecule has 0 bridgehead atoms. The Morgan fingerprint density at radius 1 is 0.448 bits per heavy atom. The van der Waals surface area contributed by atoms with E-state index in [1.54, 1.807) is 0 Å². The second kappa shape index (κ2) is 8.53. The molecule has 0 aromatic carbocycles. The summed E-state index contributed by atoms with van der Waals surface area (Å²) in [4.78, 5) is 0. The molecule has 0 radical (unpaired) electrons. The highest BCUT2D eigenvalue weighted by atomic mass is 19.4. The molecule has 0 aliphatic rings. The Kier molecular flexibility index (Phi) is 8.19. The van der Waals surface area contributed by atoms with Gasteiger partial charge in [-0.15, -0.1) is 0 Å². The Hall–Kier alpha value is -1.16. The first kappa shape index (κ1) is 27.8. The first-order chi connectivity index (χ1) is 12.5. The fourth-order valence-corrected chi connectivity index (χ4v) is 1.50. The molecule has 0 N–H and O–H groups in total. The van der Waals surface area contributed by atoms with Crippen LogP contribution in [0.1, 0.15) is 12.8 Å². The molecule has 0 aliphatic carbocycles. The third-order valence-corrected chi connectivity index (χ3v) is 3.22. The molecule has 0 rings (SSSR count). The summed E-state index contributed by atoms with van der Waals surface area (Å²) in [7, 11) is 0. The molecule has 0 spiro atoms. The largest absolute Gasteiger partial charge is 0.419 e. The summed E-state index contributed by atoms with van der Waals surface area (Å²) in [5.74, 6) is -23.2. The molecular formula is C12H10F16O. The standard InChI is InChI=1S/C12H10F16O/c13-5(11(23,24)25)1-7(15,16)9(19,20)3-29-4-10(21,22)8(17,18)2-6(14)12(26,27)28/h5-6H,1-4H2. The van der Waals surface area contributed by atoms with Gasteiger partial charge in [-0.25, -0.2) is 8.78 Å². The van der Waals surface area contributed by atoms with E-state index >= 15 is 0 Å². The maximum atomic E-state index is 13.1. The summed E-state index contributed by atoms with van der Waals surface area (Å²) in [5.41, 5.74) is 0. The van der Waals surface area contributed by atoms with Crippen LogP contribution in [0.5, 0.6) is 0 Å². The van der Waals surface area contributed by atoms with Crippen LogP contribution in [0.15, 0.2) is 0 Å². The predicted octanol–water partition coefficient (Wildman–Crippen LogP) is 6.13. The summed E-state index contributed by atoms with van der Waals surface area (Å²) in [6.07, 6.45) is -27.2. The zero-order valence-electron chi connectivity index (χ0n) is 13.4. The SMILES string of the molecule is FC(CC(F)(F)C(F)(F)COCC(F)(F)C(F)(F)CC(F)C(F)(F)F)C(F)(F)F. The fourth-order valence-electron chi connectivity index (χ4n) is 1.50. The molecule has 2 atom stereocenters. The molecule has 176 valence electrons. The lowest BCUT2D eigenvalue weighted by atomic mass is 10.0. The van der Waals surface area contributed by atoms with Gasteiger partial charge in [0.1, 0.15) is 13.2 Å². The Labute approximate surface area is 151 Å². The Morgan fingerprint density at radius 3 is 0.897 bits per heavy atom. The van der Waals surface area contributed by atoms with Crippen LogP contribution in [-0.2, 0) is 4.74 Å². The van der Waals surface area contributed by atoms with Crippen molar-refractivity contribution in [3.05, 3.63) is 0 Å². The van der Waals surface area contributed by atoms with Gasteiger partial charge in [0.15, 0.2) is 0 Å². The van der Waals surface area contributed by atoms with Gasteiger partial charge < -0.3 is 4.74 Å². The third kappa shape index (κ3) is 7.55. The molecule has 0 heterocycles. The maximum absolute atomic E-state index is 13.1. The molecule has 0 saturated carbocycles. The second-order valence-corrected chi connectivity index (χ2v) is 5.74. The lowest BCUT2D eigenvalue weighted by Crippen LogP contribution is -2.50. The van der Waals surface area contributed by atoms with Crippen molar-refractivity contribution in [1.29, 1.82) is 0 Å². The van der Waals surface area contributed by atoms with Crippen molar-refractivity contribution in [2.24, 2.45) is 0 Å². The average Bonchev–Trinajstić information content (AvgIpc) is 2.43. The van der Waals surface area contributed by atoms with Gasteiger partial charge in [0.25, 0.3) is 0 Å². The first-order valence-electron chi connectivity index (χ1n) is 6.97. The van der Waals surface area contributed by atoms with Crippen LogP contribution in [0.4, 0.5) is 70.2 Å². The van der Waals surface area contributed by atoms with Gasteiger partial charge >= 0.3 is 36.0 Å². The molecule has 0 aromatic rings. The average molecular weight is 474 g/mol. The lowest BCUT2D eigenvalue weighted by molar-refractivity contribution is -0.284. The summed E-state index contributed by atoms with van der Waals surface area (Å²) >= 11 is 0. The van der Waals surface area contributed by atoms with E-state index < -0.39 is 74.4 Å². The van der Waals surface area contributed by atoms with Gasteiger partial charge in [-0.05, 0) is 0 Å². The normalized spacial score (nSPS) is 17.4. The highest BCUT2D eigenvalue weighted by Crippen LogP contribution is 2.44. The van der Waals surface area contributed by atoms with E-state index in [-0.39, 0.29) is 0 Å². The summed E-state index contributed by atoms with van der Waals surface area (Å²) in [5, 5.41) is 0. The molecule has 17 heteroatoms. The number of ether oxygens (including phenoxy) is 1. The molecular weight excluding hydrogens is 464 g/mol. The molecule has 0 fully saturated rings. The predicted molar refractivity (Wildman–Crippen MR) is 61.7 cm³/mol. The van der Waals surface area contributed by atoms with E-state index in [0.717, 1.165) is 0 Å². The topological polar surface area (TPSA) is 9.23 Å². The van der Waals surface area contributed by atoms with E-state index in [1.165, 1.54) is 0 Å². The van der Waals surface area contributed by atoms with Crippen molar-refractivity contribution >= 4 is 0 Å². The molecule has 0 aromatic heterocycles. The van der Waals surface area contributed by atoms with Crippen molar-refractivity contribution in [2.75, 3.05) is 13.2 Å². The minimum Gasteiger partial charge on any atom is -0.368 e. The van der Waals surface area contributed by atoms with Crippen molar-refractivity contribution in [1.82, 2.24) is 0 Å². The highest BCUT2D eigenvalue weighted by molar-refractivity contribution is 4.91. The van der Waals surface area contributed by atoms with Crippen molar-refractivity contribution in [3.63, 3.8) is 0 Å². The second-order valence-electron chi connectivity index (χ2n) is 5.74. The van der Waals surface area contributed by atoms with Crippen LogP contribution in [0, 0.1) is 0 Å². The molecule has 0 amide bonds. The van der Waals surface area contributed by atoms with Crippen molar-refractivity contribution in [2.45, 2.75) is 61.2 Å². The van der Waals surface area contributed by atoms with Crippen LogP contribution in [-0.4, -0.2) is 61.6 Å². The van der Waals surface area contributed by atoms with E-state index in [2.05, 4.69) is 4.74 Å². The first-order valence-corrected chi connectivity index (χ1v) is 6.97. The van der Waals surface area contributed by atoms with E-state index in [0.29, 0.717) is 0 Å². The molecule has 0 aliphatic heterocycles. The molecule has 0 saturated heterocycles. The number of hydrogen-bond donors (Lipinski definition) is 0. The van der Waals surface area contributed by atoms with E-state index in [9.17, 15) is 70.2 Å². The van der Waals surface area contributed by atoms with Crippen LogP contribution in [0.25, 0.3) is 0 Å². The third-order valence-electron chi connectivity index (χ3n) is 3.22. The Bertz CT molecular complexity index is 475. The Morgan fingerprint density at radius 2 is 0.690 bits per heavy atom. The summed E-state index contributed by atoms with van der Waals surface area (Å²) < 4.78 is 204. The van der Waals surface area contributed by atoms with E-state index in [1.807, 2.05) is 0 Å². The molecule has 29 heavy (non-hydrogen) atoms. The van der Waals surface area contributed by atoms with Gasteiger partial charge in [0.05, 0.1) is 12.8 Å². The highest BCUT2D eigenvalue weighted by Gasteiger charge is 2.63. The zero-order valence-corrected chi connectivity index (χ0v) is 13.4. The van der Waals surface area contributed by atoms with Crippen molar-refractivity contribution in [3.8, 4) is 0 Å². The van der Waals surface area contributed by atoms with Gasteiger partial charge in [0, 0.05) is 0 Å².